The Kier molecular flexibility index (Phi) is 6.03. The van der Waals surface area contributed by atoms with Crippen LogP contribution in [0, 0.1) is 0 Å². The second-order valence-electron chi connectivity index (χ2n) is 7.65. The first-order valence-electron chi connectivity index (χ1n) is 10.3. The van der Waals surface area contributed by atoms with Crippen molar-refractivity contribution >= 4 is 17.7 Å². The van der Waals surface area contributed by atoms with Crippen LogP contribution in [-0.2, 0) is 11.2 Å². The van der Waals surface area contributed by atoms with Gasteiger partial charge in [-0.1, -0.05) is 36.4 Å². The summed E-state index contributed by atoms with van der Waals surface area (Å²) in [4.78, 5) is 36.2. The number of fused-ring (bicyclic) bond motifs is 1. The van der Waals surface area contributed by atoms with E-state index in [1.165, 1.54) is 13.2 Å². The minimum atomic E-state index is -0.489. The molecule has 1 aliphatic rings. The van der Waals surface area contributed by atoms with Crippen molar-refractivity contribution in [3.8, 4) is 16.9 Å². The van der Waals surface area contributed by atoms with Crippen molar-refractivity contribution < 1.29 is 23.9 Å². The molecule has 162 valence electrons. The molecule has 1 N–H and O–H groups in total. The number of Topliss-reactive ketones (excluding diaryl/α,β-unsaturated/α-hetero) is 1. The molecular formula is C26H23NO5. The first kappa shape index (κ1) is 21.3. The lowest BCUT2D eigenvalue weighted by atomic mass is 9.95. The van der Waals surface area contributed by atoms with E-state index < -0.39 is 5.97 Å². The van der Waals surface area contributed by atoms with Gasteiger partial charge in [-0.2, -0.15) is 0 Å². The highest BCUT2D eigenvalue weighted by Gasteiger charge is 2.24. The molecule has 1 atom stereocenters. The minimum Gasteiger partial charge on any atom is -0.488 e. The summed E-state index contributed by atoms with van der Waals surface area (Å²) in [5.74, 6) is 0.0259. The fraction of sp³-hybridized carbons (Fsp3) is 0.192. The van der Waals surface area contributed by atoms with E-state index in [1.807, 2.05) is 42.5 Å². The van der Waals surface area contributed by atoms with E-state index in [4.69, 9.17) is 9.47 Å². The third kappa shape index (κ3) is 4.39. The number of carbonyl (C=O) groups excluding carboxylic acids is 3. The van der Waals surface area contributed by atoms with Crippen LogP contribution in [0.1, 0.15) is 43.6 Å². The largest absolute Gasteiger partial charge is 0.488 e. The molecule has 0 aliphatic carbocycles. The zero-order valence-electron chi connectivity index (χ0n) is 17.9. The molecule has 0 spiro atoms. The Morgan fingerprint density at radius 2 is 1.78 bits per heavy atom. The second-order valence-corrected chi connectivity index (χ2v) is 7.65. The normalized spacial score (nSPS) is 14.2. The maximum atomic E-state index is 12.5. The van der Waals surface area contributed by atoms with Gasteiger partial charge < -0.3 is 14.8 Å². The molecule has 0 radical (unpaired) electrons. The highest BCUT2D eigenvalue weighted by molar-refractivity contribution is 6.01. The zero-order chi connectivity index (χ0) is 22.7. The van der Waals surface area contributed by atoms with Gasteiger partial charge in [-0.05, 0) is 53.9 Å². The number of carbonyl (C=O) groups is 3. The van der Waals surface area contributed by atoms with Gasteiger partial charge in [0.15, 0.2) is 5.78 Å². The molecule has 0 saturated carbocycles. The number of hydrogen-bond donors (Lipinski definition) is 1. The smallest absolute Gasteiger partial charge is 0.337 e. The van der Waals surface area contributed by atoms with Crippen LogP contribution >= 0.6 is 0 Å². The molecule has 0 fully saturated rings. The molecule has 0 unspecified atom stereocenters. The van der Waals surface area contributed by atoms with Crippen LogP contribution in [-0.4, -0.2) is 37.4 Å². The fourth-order valence-corrected chi connectivity index (χ4v) is 3.86. The number of ether oxygens (including phenoxy) is 2. The summed E-state index contributed by atoms with van der Waals surface area (Å²) in [6, 6.07) is 19.8. The van der Waals surface area contributed by atoms with Crippen molar-refractivity contribution in [2.45, 2.75) is 19.4 Å². The third-order valence-corrected chi connectivity index (χ3v) is 5.46. The van der Waals surface area contributed by atoms with E-state index >= 15 is 0 Å². The van der Waals surface area contributed by atoms with E-state index in [2.05, 4.69) is 5.32 Å². The molecule has 1 heterocycles. The van der Waals surface area contributed by atoms with Gasteiger partial charge in [-0.15, -0.1) is 0 Å². The quantitative estimate of drug-likeness (QED) is 0.472. The average molecular weight is 429 g/mol. The Morgan fingerprint density at radius 1 is 1.00 bits per heavy atom. The predicted octanol–water partition coefficient (Wildman–Crippen LogP) is 4.08. The maximum Gasteiger partial charge on any atom is 0.337 e. The van der Waals surface area contributed by atoms with Crippen molar-refractivity contribution in [2.24, 2.45) is 0 Å². The highest BCUT2D eigenvalue weighted by atomic mass is 16.5. The lowest BCUT2D eigenvalue weighted by Crippen LogP contribution is -2.34. The Balaban J connectivity index is 1.43. The Hall–Kier alpha value is -3.93. The summed E-state index contributed by atoms with van der Waals surface area (Å²) in [7, 11) is 1.30. The van der Waals surface area contributed by atoms with Gasteiger partial charge in [0, 0.05) is 17.5 Å². The van der Waals surface area contributed by atoms with E-state index in [9.17, 15) is 14.4 Å². The summed E-state index contributed by atoms with van der Waals surface area (Å²) in [6.45, 7) is 1.89. The SMILES string of the molecule is COC(=O)c1cccc(C(=O)NC[C@H]2Cc3cc(-c4ccccc4C(C)=O)ccc3O2)c1. The Labute approximate surface area is 186 Å². The van der Waals surface area contributed by atoms with Crippen molar-refractivity contribution in [1.29, 1.82) is 0 Å². The van der Waals surface area contributed by atoms with Gasteiger partial charge in [-0.25, -0.2) is 4.79 Å². The number of methoxy groups -OCH3 is 1. The number of hydrogen-bond acceptors (Lipinski definition) is 5. The van der Waals surface area contributed by atoms with Crippen LogP contribution in [0.4, 0.5) is 0 Å². The topological polar surface area (TPSA) is 81.7 Å². The number of ketones is 1. The average Bonchev–Trinajstić information content (AvgIpc) is 3.24. The van der Waals surface area contributed by atoms with E-state index in [0.29, 0.717) is 29.7 Å². The molecule has 6 nitrogen and oxygen atoms in total. The summed E-state index contributed by atoms with van der Waals surface area (Å²) in [5.41, 5.74) is 4.28. The molecule has 32 heavy (non-hydrogen) atoms. The van der Waals surface area contributed by atoms with Crippen molar-refractivity contribution in [1.82, 2.24) is 5.32 Å². The van der Waals surface area contributed by atoms with E-state index in [-0.39, 0.29) is 17.8 Å². The van der Waals surface area contributed by atoms with Crippen LogP contribution in [0.5, 0.6) is 5.75 Å². The molecule has 1 amide bonds. The van der Waals surface area contributed by atoms with Crippen LogP contribution in [0.25, 0.3) is 11.1 Å². The van der Waals surface area contributed by atoms with Crippen molar-refractivity contribution in [3.05, 3.63) is 89.0 Å². The molecule has 4 rings (SSSR count). The molecule has 0 saturated heterocycles. The van der Waals surface area contributed by atoms with Crippen molar-refractivity contribution in [3.63, 3.8) is 0 Å². The fourth-order valence-electron chi connectivity index (χ4n) is 3.86. The standard InChI is InChI=1S/C26H23NO5/c1-16(28)22-8-3-4-9-23(22)17-10-11-24-20(12-17)14-21(32-24)15-27-25(29)18-6-5-7-19(13-18)26(30)31-2/h3-13,21H,14-15H2,1-2H3,(H,27,29)/t21-/m1/s1. The number of amides is 1. The first-order valence-corrected chi connectivity index (χ1v) is 10.3. The van der Waals surface area contributed by atoms with Crippen molar-refractivity contribution in [2.75, 3.05) is 13.7 Å². The van der Waals surface area contributed by atoms with Gasteiger partial charge in [-0.3, -0.25) is 9.59 Å². The van der Waals surface area contributed by atoms with Crippen LogP contribution in [0.15, 0.2) is 66.7 Å². The second kappa shape index (κ2) is 9.06. The molecular weight excluding hydrogens is 406 g/mol. The number of esters is 1. The highest BCUT2D eigenvalue weighted by Crippen LogP contribution is 2.34. The molecule has 3 aromatic carbocycles. The zero-order valence-corrected chi connectivity index (χ0v) is 17.9. The monoisotopic (exact) mass is 429 g/mol. The summed E-state index contributed by atoms with van der Waals surface area (Å²) >= 11 is 0. The molecule has 6 heteroatoms. The Bertz CT molecular complexity index is 1200. The predicted molar refractivity (Wildman–Crippen MR) is 120 cm³/mol. The van der Waals surface area contributed by atoms with E-state index in [1.54, 1.807) is 25.1 Å². The number of rotatable bonds is 6. The van der Waals surface area contributed by atoms with Crippen LogP contribution in [0.2, 0.25) is 0 Å². The Morgan fingerprint density at radius 3 is 2.56 bits per heavy atom. The summed E-state index contributed by atoms with van der Waals surface area (Å²) in [5, 5.41) is 2.87. The summed E-state index contributed by atoms with van der Waals surface area (Å²) < 4.78 is 10.7. The van der Waals surface area contributed by atoms with Gasteiger partial charge in [0.05, 0.1) is 19.2 Å². The number of nitrogens with one attached hydrogen (secondary N) is 1. The molecule has 1 aliphatic heterocycles. The minimum absolute atomic E-state index is 0.0224. The van der Waals surface area contributed by atoms with Gasteiger partial charge in [0.25, 0.3) is 5.91 Å². The molecule has 0 aromatic heterocycles. The maximum absolute atomic E-state index is 12.5. The van der Waals surface area contributed by atoms with E-state index in [0.717, 1.165) is 22.4 Å². The summed E-state index contributed by atoms with van der Waals surface area (Å²) in [6.07, 6.45) is 0.449. The van der Waals surface area contributed by atoms with Crippen LogP contribution < -0.4 is 10.1 Å². The third-order valence-electron chi connectivity index (χ3n) is 5.46. The molecule has 0 bridgehead atoms. The van der Waals surface area contributed by atoms with Gasteiger partial charge in [0.1, 0.15) is 11.9 Å². The van der Waals surface area contributed by atoms with Crippen LogP contribution in [0.3, 0.4) is 0 Å². The molecule has 3 aromatic rings. The lowest BCUT2D eigenvalue weighted by molar-refractivity contribution is 0.0600. The van der Waals surface area contributed by atoms with Gasteiger partial charge >= 0.3 is 5.97 Å². The number of benzene rings is 3. The van der Waals surface area contributed by atoms with Gasteiger partial charge in [0.2, 0.25) is 0 Å². The lowest BCUT2D eigenvalue weighted by Gasteiger charge is -2.12. The first-order chi connectivity index (χ1) is 15.5.